The van der Waals surface area contributed by atoms with Gasteiger partial charge in [0.05, 0.1) is 10.7 Å². The van der Waals surface area contributed by atoms with Gasteiger partial charge in [0.1, 0.15) is 0 Å². The number of nitrogens with zero attached hydrogens (tertiary/aromatic N) is 2. The summed E-state index contributed by atoms with van der Waals surface area (Å²) in [6, 6.07) is 0. The summed E-state index contributed by atoms with van der Waals surface area (Å²) < 4.78 is 0. The van der Waals surface area contributed by atoms with Crippen molar-refractivity contribution in [1.82, 2.24) is 9.88 Å². The third kappa shape index (κ3) is 3.11. The first-order chi connectivity index (χ1) is 8.53. The Kier molecular flexibility index (Phi) is 4.41. The molecule has 1 aliphatic rings. The van der Waals surface area contributed by atoms with E-state index in [0.717, 1.165) is 19.5 Å². The molecule has 18 heavy (non-hydrogen) atoms. The molecule has 102 valence electrons. The molecule has 0 saturated carbocycles. The largest absolute Gasteiger partial charge is 0.330 e. The maximum Gasteiger partial charge on any atom is 0.0985 e. The number of hydrogen-bond donors (Lipinski definition) is 1. The zero-order valence-electron chi connectivity index (χ0n) is 11.8. The maximum absolute atomic E-state index is 5.69. The van der Waals surface area contributed by atoms with E-state index in [2.05, 4.69) is 31.2 Å². The minimum Gasteiger partial charge on any atom is -0.330 e. The summed E-state index contributed by atoms with van der Waals surface area (Å²) >= 11 is 1.81. The monoisotopic (exact) mass is 267 g/mol. The average molecular weight is 267 g/mol. The Labute approximate surface area is 114 Å². The van der Waals surface area contributed by atoms with Gasteiger partial charge in [-0.05, 0) is 39.4 Å². The molecule has 1 fully saturated rings. The van der Waals surface area contributed by atoms with Gasteiger partial charge in [0.25, 0.3) is 0 Å². The molecule has 1 saturated heterocycles. The van der Waals surface area contributed by atoms with Crippen molar-refractivity contribution in [2.24, 2.45) is 5.73 Å². The summed E-state index contributed by atoms with van der Waals surface area (Å²) in [6.45, 7) is 7.60. The van der Waals surface area contributed by atoms with Crippen molar-refractivity contribution < 1.29 is 0 Å². The molecule has 1 atom stereocenters. The molecule has 1 aromatic rings. The highest BCUT2D eigenvalue weighted by molar-refractivity contribution is 7.09. The molecule has 2 N–H and O–H groups in total. The van der Waals surface area contributed by atoms with E-state index in [-0.39, 0.29) is 5.41 Å². The Morgan fingerprint density at radius 2 is 2.33 bits per heavy atom. The average Bonchev–Trinajstić information content (AvgIpc) is 2.78. The third-order valence-corrected chi connectivity index (χ3v) is 5.14. The van der Waals surface area contributed by atoms with E-state index in [0.29, 0.717) is 5.92 Å². The van der Waals surface area contributed by atoms with Crippen LogP contribution in [0.4, 0.5) is 0 Å². The van der Waals surface area contributed by atoms with Crippen LogP contribution in [0, 0.1) is 0 Å². The van der Waals surface area contributed by atoms with Crippen LogP contribution in [-0.4, -0.2) is 36.6 Å². The fourth-order valence-electron chi connectivity index (χ4n) is 2.66. The Balaban J connectivity index is 2.10. The van der Waals surface area contributed by atoms with Gasteiger partial charge < -0.3 is 10.6 Å². The van der Waals surface area contributed by atoms with Crippen molar-refractivity contribution in [3.63, 3.8) is 0 Å². The summed E-state index contributed by atoms with van der Waals surface area (Å²) in [5.41, 5.74) is 7.11. The molecule has 0 aromatic carbocycles. The van der Waals surface area contributed by atoms with E-state index in [9.17, 15) is 0 Å². The molecule has 1 unspecified atom stereocenters. The number of piperidine rings is 1. The first-order valence-corrected chi connectivity index (χ1v) is 7.75. The molecule has 2 heterocycles. The Morgan fingerprint density at radius 1 is 1.56 bits per heavy atom. The van der Waals surface area contributed by atoms with Crippen LogP contribution in [0.15, 0.2) is 5.38 Å². The van der Waals surface area contributed by atoms with Crippen LogP contribution in [0.1, 0.15) is 49.7 Å². The highest BCUT2D eigenvalue weighted by atomic mass is 32.1. The summed E-state index contributed by atoms with van der Waals surface area (Å²) in [5, 5.41) is 3.51. The summed E-state index contributed by atoms with van der Waals surface area (Å²) in [7, 11) is 2.21. The number of likely N-dealkylation sites (tertiary alicyclic amines) is 1. The predicted octanol–water partition coefficient (Wildman–Crippen LogP) is 2.58. The Hall–Kier alpha value is -0.450. The lowest BCUT2D eigenvalue weighted by Crippen LogP contribution is -2.31. The first-order valence-electron chi connectivity index (χ1n) is 6.87. The normalized spacial score (nSPS) is 22.3. The van der Waals surface area contributed by atoms with Gasteiger partial charge in [0.15, 0.2) is 0 Å². The highest BCUT2D eigenvalue weighted by Gasteiger charge is 2.26. The molecular formula is C14H25N3S. The second-order valence-corrected chi connectivity index (χ2v) is 6.96. The molecule has 1 aliphatic heterocycles. The van der Waals surface area contributed by atoms with Gasteiger partial charge in [-0.15, -0.1) is 11.3 Å². The number of nitrogens with two attached hydrogens (primary N) is 1. The first kappa shape index (κ1) is 14.0. The highest BCUT2D eigenvalue weighted by Crippen LogP contribution is 2.33. The lowest BCUT2D eigenvalue weighted by molar-refractivity contribution is 0.248. The quantitative estimate of drug-likeness (QED) is 0.911. The molecule has 2 rings (SSSR count). The van der Waals surface area contributed by atoms with Gasteiger partial charge in [-0.1, -0.05) is 13.8 Å². The molecular weight excluding hydrogens is 242 g/mol. The SMILES string of the molecule is CN1CCCC(c2csc(C(C)(C)CCN)n2)C1. The van der Waals surface area contributed by atoms with Crippen molar-refractivity contribution in [3.8, 4) is 0 Å². The summed E-state index contributed by atoms with van der Waals surface area (Å²) in [4.78, 5) is 7.31. The van der Waals surface area contributed by atoms with Crippen molar-refractivity contribution >= 4 is 11.3 Å². The van der Waals surface area contributed by atoms with E-state index in [1.165, 1.54) is 30.1 Å². The predicted molar refractivity (Wildman–Crippen MR) is 78.3 cm³/mol. The standard InChI is InChI=1S/C14H25N3S/c1-14(2,6-7-15)13-16-12(10-18-13)11-5-4-8-17(3)9-11/h10-11H,4-9,15H2,1-3H3. The lowest BCUT2D eigenvalue weighted by Gasteiger charge is -2.28. The van der Waals surface area contributed by atoms with Crippen LogP contribution in [0.2, 0.25) is 0 Å². The molecule has 0 aliphatic carbocycles. The van der Waals surface area contributed by atoms with Gasteiger partial charge in [0.2, 0.25) is 0 Å². The molecule has 0 spiro atoms. The van der Waals surface area contributed by atoms with Gasteiger partial charge in [-0.3, -0.25) is 0 Å². The molecule has 1 aromatic heterocycles. The van der Waals surface area contributed by atoms with E-state index >= 15 is 0 Å². The van der Waals surface area contributed by atoms with Gasteiger partial charge in [-0.2, -0.15) is 0 Å². The Morgan fingerprint density at radius 3 is 3.00 bits per heavy atom. The van der Waals surface area contributed by atoms with E-state index in [4.69, 9.17) is 10.7 Å². The fourth-order valence-corrected chi connectivity index (χ4v) is 3.72. The number of aromatic nitrogens is 1. The second-order valence-electron chi connectivity index (χ2n) is 6.10. The van der Waals surface area contributed by atoms with Crippen LogP contribution < -0.4 is 5.73 Å². The number of hydrogen-bond acceptors (Lipinski definition) is 4. The Bertz CT molecular complexity index is 386. The maximum atomic E-state index is 5.69. The number of rotatable bonds is 4. The van der Waals surface area contributed by atoms with E-state index in [1.807, 2.05) is 0 Å². The van der Waals surface area contributed by atoms with Crippen LogP contribution in [0.25, 0.3) is 0 Å². The molecule has 0 bridgehead atoms. The minimum atomic E-state index is 0.123. The van der Waals surface area contributed by atoms with Crippen LogP contribution in [0.5, 0.6) is 0 Å². The van der Waals surface area contributed by atoms with Crippen LogP contribution in [-0.2, 0) is 5.41 Å². The third-order valence-electron chi connectivity index (χ3n) is 3.91. The summed E-state index contributed by atoms with van der Waals surface area (Å²) in [6.07, 6.45) is 3.58. The van der Waals surface area contributed by atoms with Crippen molar-refractivity contribution in [2.75, 3.05) is 26.7 Å². The fraction of sp³-hybridized carbons (Fsp3) is 0.786. The van der Waals surface area contributed by atoms with Crippen molar-refractivity contribution in [2.45, 2.75) is 44.4 Å². The van der Waals surface area contributed by atoms with E-state index in [1.54, 1.807) is 11.3 Å². The van der Waals surface area contributed by atoms with Crippen LogP contribution in [0.3, 0.4) is 0 Å². The zero-order chi connectivity index (χ0) is 13.2. The van der Waals surface area contributed by atoms with Gasteiger partial charge >= 0.3 is 0 Å². The van der Waals surface area contributed by atoms with E-state index < -0.39 is 0 Å². The van der Waals surface area contributed by atoms with Gasteiger partial charge in [-0.25, -0.2) is 4.98 Å². The molecule has 3 nitrogen and oxygen atoms in total. The van der Waals surface area contributed by atoms with Crippen molar-refractivity contribution in [3.05, 3.63) is 16.1 Å². The van der Waals surface area contributed by atoms with Gasteiger partial charge in [0, 0.05) is 23.3 Å². The smallest absolute Gasteiger partial charge is 0.0985 e. The van der Waals surface area contributed by atoms with Crippen molar-refractivity contribution in [1.29, 1.82) is 0 Å². The summed E-state index contributed by atoms with van der Waals surface area (Å²) in [5.74, 6) is 0.627. The number of likely N-dealkylation sites (N-methyl/N-ethyl adjacent to an activating group) is 1. The topological polar surface area (TPSA) is 42.1 Å². The molecule has 0 radical (unpaired) electrons. The minimum absolute atomic E-state index is 0.123. The second kappa shape index (κ2) is 5.68. The zero-order valence-corrected chi connectivity index (χ0v) is 12.6. The lowest BCUT2D eigenvalue weighted by atomic mass is 9.90. The molecule has 4 heteroatoms. The van der Waals surface area contributed by atoms with Crippen LogP contribution >= 0.6 is 11.3 Å². The molecule has 0 amide bonds. The number of thiazole rings is 1.